The number of amides is 1. The van der Waals surface area contributed by atoms with Gasteiger partial charge in [0.1, 0.15) is 0 Å². The van der Waals surface area contributed by atoms with Gasteiger partial charge in [-0.3, -0.25) is 4.79 Å². The van der Waals surface area contributed by atoms with Crippen LogP contribution in [0.4, 0.5) is 0 Å². The Morgan fingerprint density at radius 3 is 2.62 bits per heavy atom. The largest absolute Gasteiger partial charge is 0.402 e. The molecule has 1 amide bonds. The molecule has 74 valence electrons. The smallest absolute Gasteiger partial charge is 0.245 e. The van der Waals surface area contributed by atoms with Crippen LogP contribution in [0.3, 0.4) is 0 Å². The van der Waals surface area contributed by atoms with Gasteiger partial charge >= 0.3 is 0 Å². The first-order valence-electron chi connectivity index (χ1n) is 4.09. The monoisotopic (exact) mass is 183 g/mol. The fourth-order valence-corrected chi connectivity index (χ4v) is 0.782. The van der Waals surface area contributed by atoms with E-state index in [9.17, 15) is 4.79 Å². The Labute approximate surface area is 78.9 Å². The maximum Gasteiger partial charge on any atom is 0.245 e. The maximum absolute atomic E-state index is 11.0. The molecule has 0 rings (SSSR count). The fourth-order valence-electron chi connectivity index (χ4n) is 0.782. The summed E-state index contributed by atoms with van der Waals surface area (Å²) in [6, 6.07) is 0. The third-order valence-corrected chi connectivity index (χ3v) is 1.30. The van der Waals surface area contributed by atoms with Gasteiger partial charge in [-0.25, -0.2) is 0 Å². The highest BCUT2D eigenvalue weighted by atomic mass is 16.1. The molecule has 0 bridgehead atoms. The standard InChI is InChI=1S/C9H17N3O/c1-7(5-11-3)6-12-9(13)4-8(2)10/h4,11H,1,5-6,10H2,2-3H3,(H,12,13)/b8-4-. The van der Waals surface area contributed by atoms with Gasteiger partial charge in [0.15, 0.2) is 0 Å². The van der Waals surface area contributed by atoms with Crippen molar-refractivity contribution in [3.05, 3.63) is 23.9 Å². The predicted octanol–water partition coefficient (Wildman–Crippen LogP) is -0.259. The number of hydrogen-bond acceptors (Lipinski definition) is 3. The van der Waals surface area contributed by atoms with Gasteiger partial charge in [0.25, 0.3) is 0 Å². The van der Waals surface area contributed by atoms with Crippen molar-refractivity contribution in [3.8, 4) is 0 Å². The number of carbonyl (C=O) groups excluding carboxylic acids is 1. The lowest BCUT2D eigenvalue weighted by Gasteiger charge is -2.05. The molecule has 0 unspecified atom stereocenters. The second kappa shape index (κ2) is 6.25. The summed E-state index contributed by atoms with van der Waals surface area (Å²) < 4.78 is 0. The summed E-state index contributed by atoms with van der Waals surface area (Å²) >= 11 is 0. The van der Waals surface area contributed by atoms with E-state index in [0.717, 1.165) is 5.57 Å². The van der Waals surface area contributed by atoms with Gasteiger partial charge in [-0.05, 0) is 19.5 Å². The van der Waals surface area contributed by atoms with Crippen molar-refractivity contribution in [1.82, 2.24) is 10.6 Å². The number of carbonyl (C=O) groups is 1. The van der Waals surface area contributed by atoms with Gasteiger partial charge in [0.05, 0.1) is 0 Å². The summed E-state index contributed by atoms with van der Waals surface area (Å²) in [5.74, 6) is -0.183. The number of rotatable bonds is 5. The Hall–Kier alpha value is -1.29. The van der Waals surface area contributed by atoms with E-state index in [-0.39, 0.29) is 5.91 Å². The maximum atomic E-state index is 11.0. The van der Waals surface area contributed by atoms with Crippen LogP contribution < -0.4 is 16.4 Å². The molecule has 0 aromatic heterocycles. The SMILES string of the molecule is C=C(CNC)CNC(=O)/C=C(/C)N. The second-order valence-electron chi connectivity index (χ2n) is 2.89. The first-order chi connectivity index (χ1) is 6.06. The molecular formula is C9H17N3O. The lowest BCUT2D eigenvalue weighted by atomic mass is 10.3. The average Bonchev–Trinajstić information content (AvgIpc) is 2.00. The van der Waals surface area contributed by atoms with Crippen molar-refractivity contribution in [2.24, 2.45) is 5.73 Å². The van der Waals surface area contributed by atoms with Crippen molar-refractivity contribution < 1.29 is 4.79 Å². The minimum atomic E-state index is -0.183. The molecule has 0 saturated heterocycles. The van der Waals surface area contributed by atoms with E-state index in [0.29, 0.717) is 18.8 Å². The van der Waals surface area contributed by atoms with E-state index in [1.807, 2.05) is 7.05 Å². The summed E-state index contributed by atoms with van der Waals surface area (Å²) in [4.78, 5) is 11.0. The minimum absolute atomic E-state index is 0.183. The van der Waals surface area contributed by atoms with Crippen molar-refractivity contribution in [2.45, 2.75) is 6.92 Å². The van der Waals surface area contributed by atoms with Gasteiger partial charge in [-0.2, -0.15) is 0 Å². The Morgan fingerprint density at radius 1 is 1.54 bits per heavy atom. The third-order valence-electron chi connectivity index (χ3n) is 1.30. The normalized spacial score (nSPS) is 11.1. The lowest BCUT2D eigenvalue weighted by Crippen LogP contribution is -2.27. The molecule has 0 aliphatic heterocycles. The molecule has 4 heteroatoms. The van der Waals surface area contributed by atoms with Gasteiger partial charge in [-0.1, -0.05) is 6.58 Å². The van der Waals surface area contributed by atoms with E-state index < -0.39 is 0 Å². The van der Waals surface area contributed by atoms with Crippen LogP contribution in [-0.4, -0.2) is 26.0 Å². The molecule has 0 heterocycles. The zero-order valence-corrected chi connectivity index (χ0v) is 8.18. The Kier molecular flexibility index (Phi) is 5.63. The number of likely N-dealkylation sites (N-methyl/N-ethyl adjacent to an activating group) is 1. The van der Waals surface area contributed by atoms with Crippen LogP contribution in [0.5, 0.6) is 0 Å². The Morgan fingerprint density at radius 2 is 2.15 bits per heavy atom. The summed E-state index contributed by atoms with van der Waals surface area (Å²) in [7, 11) is 1.83. The van der Waals surface area contributed by atoms with E-state index in [1.54, 1.807) is 6.92 Å². The average molecular weight is 183 g/mol. The Balaban J connectivity index is 3.71. The van der Waals surface area contributed by atoms with Crippen LogP contribution in [0, 0.1) is 0 Å². The summed E-state index contributed by atoms with van der Waals surface area (Å²) in [5, 5.41) is 5.60. The first-order valence-corrected chi connectivity index (χ1v) is 4.09. The molecule has 0 aliphatic carbocycles. The molecule has 4 nitrogen and oxygen atoms in total. The predicted molar refractivity (Wildman–Crippen MR) is 54.0 cm³/mol. The topological polar surface area (TPSA) is 67.1 Å². The van der Waals surface area contributed by atoms with Crippen molar-refractivity contribution >= 4 is 5.91 Å². The number of nitrogens with two attached hydrogens (primary N) is 1. The van der Waals surface area contributed by atoms with Crippen molar-refractivity contribution in [2.75, 3.05) is 20.1 Å². The molecule has 13 heavy (non-hydrogen) atoms. The lowest BCUT2D eigenvalue weighted by molar-refractivity contribution is -0.116. The van der Waals surface area contributed by atoms with Gasteiger partial charge in [-0.15, -0.1) is 0 Å². The summed E-state index contributed by atoms with van der Waals surface area (Å²) in [6.07, 6.45) is 1.35. The zero-order valence-electron chi connectivity index (χ0n) is 8.18. The Bertz CT molecular complexity index is 217. The molecule has 0 aliphatic rings. The number of nitrogens with one attached hydrogen (secondary N) is 2. The van der Waals surface area contributed by atoms with Crippen molar-refractivity contribution in [1.29, 1.82) is 0 Å². The van der Waals surface area contributed by atoms with Gasteiger partial charge in [0.2, 0.25) is 5.91 Å². The first kappa shape index (κ1) is 11.7. The van der Waals surface area contributed by atoms with Gasteiger partial charge in [0, 0.05) is 24.9 Å². The van der Waals surface area contributed by atoms with E-state index in [4.69, 9.17) is 5.73 Å². The molecule has 0 spiro atoms. The minimum Gasteiger partial charge on any atom is -0.402 e. The molecule has 0 aromatic rings. The van der Waals surface area contributed by atoms with Crippen LogP contribution in [0.15, 0.2) is 23.9 Å². The number of allylic oxidation sites excluding steroid dienone is 1. The molecule has 0 fully saturated rings. The van der Waals surface area contributed by atoms with Gasteiger partial charge < -0.3 is 16.4 Å². The highest BCUT2D eigenvalue weighted by Gasteiger charge is 1.97. The quantitative estimate of drug-likeness (QED) is 0.406. The molecule has 4 N–H and O–H groups in total. The van der Waals surface area contributed by atoms with Crippen molar-refractivity contribution in [3.63, 3.8) is 0 Å². The second-order valence-corrected chi connectivity index (χ2v) is 2.89. The van der Waals surface area contributed by atoms with E-state index in [1.165, 1.54) is 6.08 Å². The van der Waals surface area contributed by atoms with Crippen LogP contribution >= 0.6 is 0 Å². The third kappa shape index (κ3) is 7.08. The molecule has 0 aromatic carbocycles. The van der Waals surface area contributed by atoms with E-state index >= 15 is 0 Å². The van der Waals surface area contributed by atoms with Crippen LogP contribution in [-0.2, 0) is 4.79 Å². The summed E-state index contributed by atoms with van der Waals surface area (Å²) in [6.45, 7) is 6.61. The van der Waals surface area contributed by atoms with Crippen LogP contribution in [0.1, 0.15) is 6.92 Å². The number of hydrogen-bond donors (Lipinski definition) is 3. The molecular weight excluding hydrogens is 166 g/mol. The highest BCUT2D eigenvalue weighted by Crippen LogP contribution is 1.85. The zero-order chi connectivity index (χ0) is 10.3. The van der Waals surface area contributed by atoms with Crippen LogP contribution in [0.2, 0.25) is 0 Å². The fraction of sp³-hybridized carbons (Fsp3) is 0.444. The van der Waals surface area contributed by atoms with Crippen LogP contribution in [0.25, 0.3) is 0 Å². The van der Waals surface area contributed by atoms with E-state index in [2.05, 4.69) is 17.2 Å². The molecule has 0 saturated carbocycles. The highest BCUT2D eigenvalue weighted by molar-refractivity contribution is 5.88. The molecule has 0 radical (unpaired) electrons. The molecule has 0 atom stereocenters. The summed E-state index contributed by atoms with van der Waals surface area (Å²) in [5.41, 5.74) is 6.75.